The van der Waals surface area contributed by atoms with E-state index in [1.54, 1.807) is 23.5 Å². The van der Waals surface area contributed by atoms with Gasteiger partial charge in [0.05, 0.1) is 32.4 Å². The first kappa shape index (κ1) is 29.5. The number of benzene rings is 1. The highest BCUT2D eigenvalue weighted by atomic mass is 32.1. The van der Waals surface area contributed by atoms with E-state index >= 15 is 0 Å². The van der Waals surface area contributed by atoms with Crippen molar-refractivity contribution in [1.82, 2.24) is 4.90 Å². The van der Waals surface area contributed by atoms with Crippen molar-refractivity contribution in [3.63, 3.8) is 0 Å². The van der Waals surface area contributed by atoms with E-state index in [1.165, 1.54) is 21.3 Å². The molecular weight excluding hydrogens is 478 g/mol. The molecule has 0 fully saturated rings. The van der Waals surface area contributed by atoms with Gasteiger partial charge in [-0.1, -0.05) is 13.0 Å². The average molecular weight is 510 g/mol. The lowest BCUT2D eigenvalue weighted by molar-refractivity contribution is -0.134. The summed E-state index contributed by atoms with van der Waals surface area (Å²) in [6.07, 6.45) is 1.92. The van der Waals surface area contributed by atoms with Gasteiger partial charge in [-0.2, -0.15) is 0 Å². The quantitative estimate of drug-likeness (QED) is 0.343. The number of thiophene rings is 1. The minimum atomic E-state index is -1.26. The number of methoxy groups -OCH3 is 3. The van der Waals surface area contributed by atoms with Crippen molar-refractivity contribution in [2.24, 2.45) is 0 Å². The molecule has 1 aromatic heterocycles. The number of carboxylic acid groups (broad SMARTS) is 2. The lowest BCUT2D eigenvalue weighted by Crippen LogP contribution is -2.45. The van der Waals surface area contributed by atoms with E-state index in [-0.39, 0.29) is 12.1 Å². The van der Waals surface area contributed by atoms with Crippen LogP contribution in [0, 0.1) is 0 Å². The Hall–Kier alpha value is -3.57. The molecule has 10 nitrogen and oxygen atoms in total. The zero-order valence-electron chi connectivity index (χ0n) is 20.6. The molecule has 0 saturated heterocycles. The lowest BCUT2D eigenvalue weighted by Gasteiger charge is -2.37. The number of carboxylic acids is 2. The van der Waals surface area contributed by atoms with Gasteiger partial charge in [0, 0.05) is 17.0 Å². The number of rotatable bonds is 11. The molecule has 0 radical (unpaired) electrons. The molecule has 2 N–H and O–H groups in total. The Morgan fingerprint density at radius 2 is 1.54 bits per heavy atom. The number of hydrogen-bond acceptors (Lipinski definition) is 9. The van der Waals surface area contributed by atoms with E-state index in [0.29, 0.717) is 35.0 Å². The van der Waals surface area contributed by atoms with Gasteiger partial charge < -0.3 is 29.2 Å². The Morgan fingerprint density at radius 3 is 1.89 bits per heavy atom. The number of ether oxygens (including phenoxy) is 4. The van der Waals surface area contributed by atoms with E-state index in [1.807, 2.05) is 25.5 Å². The molecule has 35 heavy (non-hydrogen) atoms. The SMILES string of the molecule is CCC(COC(=O)c1cc(OC)c(OC)c(OC)c1)(c1cccs1)N(C)C.O=C(O)C=CC(=O)O. The summed E-state index contributed by atoms with van der Waals surface area (Å²) in [5.41, 5.74) is -0.0239. The summed E-state index contributed by atoms with van der Waals surface area (Å²) in [6, 6.07) is 7.27. The summed E-state index contributed by atoms with van der Waals surface area (Å²) < 4.78 is 21.6. The fourth-order valence-corrected chi connectivity index (χ4v) is 4.23. The summed E-state index contributed by atoms with van der Waals surface area (Å²) in [5, 5.41) is 17.7. The average Bonchev–Trinajstić information content (AvgIpc) is 3.37. The fourth-order valence-electron chi connectivity index (χ4n) is 3.17. The Kier molecular flexibility index (Phi) is 11.8. The fraction of sp³-hybridized carbons (Fsp3) is 0.375. The van der Waals surface area contributed by atoms with Crippen molar-refractivity contribution < 1.29 is 43.5 Å². The van der Waals surface area contributed by atoms with Crippen LogP contribution in [-0.4, -0.2) is 75.1 Å². The first-order valence-electron chi connectivity index (χ1n) is 10.4. The number of likely N-dealkylation sites (N-methyl/N-ethyl adjacent to an activating group) is 1. The zero-order valence-corrected chi connectivity index (χ0v) is 21.4. The van der Waals surface area contributed by atoms with Gasteiger partial charge in [-0.3, -0.25) is 4.90 Å². The van der Waals surface area contributed by atoms with Crippen LogP contribution in [0.5, 0.6) is 17.2 Å². The van der Waals surface area contributed by atoms with Crippen LogP contribution in [-0.2, 0) is 19.9 Å². The van der Waals surface area contributed by atoms with Crippen molar-refractivity contribution in [3.8, 4) is 17.2 Å². The molecule has 1 aromatic carbocycles. The van der Waals surface area contributed by atoms with Gasteiger partial charge in [0.2, 0.25) is 5.75 Å². The molecule has 1 unspecified atom stereocenters. The van der Waals surface area contributed by atoms with E-state index in [9.17, 15) is 14.4 Å². The minimum absolute atomic E-state index is 0.243. The number of carbonyl (C=O) groups is 3. The summed E-state index contributed by atoms with van der Waals surface area (Å²) in [7, 11) is 8.54. The van der Waals surface area contributed by atoms with Crippen LogP contribution in [0.4, 0.5) is 0 Å². The molecule has 0 spiro atoms. The molecule has 0 amide bonds. The van der Waals surface area contributed by atoms with Gasteiger partial charge in [-0.05, 0) is 44.1 Å². The third-order valence-electron chi connectivity index (χ3n) is 5.13. The maximum Gasteiger partial charge on any atom is 0.338 e. The first-order chi connectivity index (χ1) is 16.6. The predicted molar refractivity (Wildman–Crippen MR) is 131 cm³/mol. The van der Waals surface area contributed by atoms with Crippen LogP contribution in [0.3, 0.4) is 0 Å². The number of hydrogen-bond donors (Lipinski definition) is 2. The molecule has 11 heteroatoms. The number of esters is 1. The molecule has 0 aliphatic heterocycles. The van der Waals surface area contributed by atoms with E-state index < -0.39 is 17.9 Å². The molecule has 2 rings (SSSR count). The largest absolute Gasteiger partial charge is 0.493 e. The Balaban J connectivity index is 0.000000658. The summed E-state index contributed by atoms with van der Waals surface area (Å²) >= 11 is 1.66. The third-order valence-corrected chi connectivity index (χ3v) is 6.19. The van der Waals surface area contributed by atoms with Gasteiger partial charge in [0.1, 0.15) is 6.61 Å². The van der Waals surface area contributed by atoms with Gasteiger partial charge in [-0.25, -0.2) is 14.4 Å². The van der Waals surface area contributed by atoms with E-state index in [4.69, 9.17) is 29.2 Å². The number of nitrogens with zero attached hydrogens (tertiary/aromatic N) is 1. The van der Waals surface area contributed by atoms with Crippen LogP contribution in [0.25, 0.3) is 0 Å². The Labute approximate surface area is 208 Å². The standard InChI is InChI=1S/C20H27NO5S.C4H4O4/c1-7-20(21(2)3,17-9-8-10-27-17)13-26-19(22)14-11-15(23-4)18(25-6)16(12-14)24-5;5-3(6)1-2-4(7)8/h8-12H,7,13H2,1-6H3;1-2H,(H,5,6)(H,7,8). The molecule has 0 aliphatic rings. The molecule has 1 heterocycles. The normalized spacial score (nSPS) is 12.3. The van der Waals surface area contributed by atoms with Crippen LogP contribution >= 0.6 is 11.3 Å². The summed E-state index contributed by atoms with van der Waals surface area (Å²) in [6.45, 7) is 2.33. The van der Waals surface area contributed by atoms with Crippen molar-refractivity contribution in [2.75, 3.05) is 42.0 Å². The van der Waals surface area contributed by atoms with Gasteiger partial charge in [0.15, 0.2) is 11.5 Å². The van der Waals surface area contributed by atoms with E-state index in [2.05, 4.69) is 17.9 Å². The highest BCUT2D eigenvalue weighted by Crippen LogP contribution is 2.39. The second-order valence-electron chi connectivity index (χ2n) is 7.26. The molecule has 0 aliphatic carbocycles. The highest BCUT2D eigenvalue weighted by molar-refractivity contribution is 7.10. The van der Waals surface area contributed by atoms with Crippen molar-refractivity contribution >= 4 is 29.2 Å². The monoisotopic (exact) mass is 509 g/mol. The Morgan fingerprint density at radius 1 is 1.00 bits per heavy atom. The van der Waals surface area contributed by atoms with Gasteiger partial charge >= 0.3 is 17.9 Å². The van der Waals surface area contributed by atoms with Gasteiger partial charge in [-0.15, -0.1) is 11.3 Å². The zero-order chi connectivity index (χ0) is 26.6. The predicted octanol–water partition coefficient (Wildman–Crippen LogP) is 3.51. The van der Waals surface area contributed by atoms with Crippen LogP contribution in [0.2, 0.25) is 0 Å². The highest BCUT2D eigenvalue weighted by Gasteiger charge is 2.36. The summed E-state index contributed by atoms with van der Waals surface area (Å²) in [5.74, 6) is -1.69. The molecule has 1 atom stereocenters. The van der Waals surface area contributed by atoms with Crippen LogP contribution in [0.15, 0.2) is 41.8 Å². The second-order valence-corrected chi connectivity index (χ2v) is 8.20. The molecule has 0 saturated carbocycles. The van der Waals surface area contributed by atoms with Crippen LogP contribution in [0.1, 0.15) is 28.6 Å². The topological polar surface area (TPSA) is 132 Å². The summed E-state index contributed by atoms with van der Waals surface area (Å²) in [4.78, 5) is 35.1. The first-order valence-corrected chi connectivity index (χ1v) is 11.3. The van der Waals surface area contributed by atoms with E-state index in [0.717, 1.165) is 11.3 Å². The maximum absolute atomic E-state index is 12.7. The number of aliphatic carboxylic acids is 2. The molecular formula is C24H31NO9S. The van der Waals surface area contributed by atoms with Crippen molar-refractivity contribution in [3.05, 3.63) is 52.2 Å². The number of carbonyl (C=O) groups excluding carboxylic acids is 1. The molecule has 2 aromatic rings. The van der Waals surface area contributed by atoms with Gasteiger partial charge in [0.25, 0.3) is 0 Å². The minimum Gasteiger partial charge on any atom is -0.493 e. The van der Waals surface area contributed by atoms with Crippen LogP contribution < -0.4 is 14.2 Å². The van der Waals surface area contributed by atoms with Crippen molar-refractivity contribution in [1.29, 1.82) is 0 Å². The molecule has 192 valence electrons. The maximum atomic E-state index is 12.7. The molecule has 0 bridgehead atoms. The third kappa shape index (κ3) is 8.01. The smallest absolute Gasteiger partial charge is 0.338 e. The second kappa shape index (κ2) is 14.0. The Bertz CT molecular complexity index is 977. The van der Waals surface area contributed by atoms with Crippen molar-refractivity contribution in [2.45, 2.75) is 18.9 Å². The lowest BCUT2D eigenvalue weighted by atomic mass is 9.93.